The van der Waals surface area contributed by atoms with Gasteiger partial charge in [0.2, 0.25) is 11.6 Å². The fourth-order valence-electron chi connectivity index (χ4n) is 1.86. The number of nitrogens with zero attached hydrogens (tertiary/aromatic N) is 3. The first kappa shape index (κ1) is 19.2. The molecular formula is C14H18Cl2N4O3. The highest BCUT2D eigenvalue weighted by Gasteiger charge is 2.45. The maximum Gasteiger partial charge on any atom is 0.295 e. The van der Waals surface area contributed by atoms with E-state index in [0.717, 1.165) is 0 Å². The van der Waals surface area contributed by atoms with Gasteiger partial charge in [0.25, 0.3) is 11.8 Å². The van der Waals surface area contributed by atoms with Gasteiger partial charge in [-0.3, -0.25) is 9.59 Å². The number of primary amides is 1. The summed E-state index contributed by atoms with van der Waals surface area (Å²) in [4.78, 5) is 31.1. The number of rotatable bonds is 3. The lowest BCUT2D eigenvalue weighted by Crippen LogP contribution is -2.48. The van der Waals surface area contributed by atoms with Crippen LogP contribution >= 0.6 is 23.2 Å². The van der Waals surface area contributed by atoms with Crippen LogP contribution in [0.4, 0.5) is 0 Å². The molecule has 0 aromatic heterocycles. The Labute approximate surface area is 144 Å². The van der Waals surface area contributed by atoms with Crippen molar-refractivity contribution >= 4 is 41.0 Å². The molecular weight excluding hydrogens is 343 g/mol. The van der Waals surface area contributed by atoms with Crippen molar-refractivity contribution in [2.75, 3.05) is 28.2 Å². The van der Waals surface area contributed by atoms with Crippen molar-refractivity contribution in [3.8, 4) is 0 Å². The summed E-state index contributed by atoms with van der Waals surface area (Å²) in [6, 6.07) is 3.84. The molecule has 0 spiro atoms. The summed E-state index contributed by atoms with van der Waals surface area (Å²) in [5.74, 6) is -2.16. The molecule has 7 nitrogen and oxygen atoms in total. The SMILES string of the molecule is CN(C)C(=NC(=O)C(O)(C(N)=O)c1ccc(Cl)c(Cl)c1)N(C)C. The Morgan fingerprint density at radius 2 is 1.65 bits per heavy atom. The lowest BCUT2D eigenvalue weighted by Gasteiger charge is -2.25. The third-order valence-corrected chi connectivity index (χ3v) is 3.74. The second kappa shape index (κ2) is 7.16. The lowest BCUT2D eigenvalue weighted by atomic mass is 9.92. The van der Waals surface area contributed by atoms with Gasteiger partial charge in [-0.1, -0.05) is 29.3 Å². The van der Waals surface area contributed by atoms with E-state index < -0.39 is 17.4 Å². The number of hydrogen-bond acceptors (Lipinski definition) is 3. The van der Waals surface area contributed by atoms with Crippen molar-refractivity contribution in [1.29, 1.82) is 0 Å². The Bertz CT molecular complexity index is 651. The zero-order valence-corrected chi connectivity index (χ0v) is 14.7. The molecule has 0 saturated carbocycles. The molecule has 0 fully saturated rings. The number of benzene rings is 1. The fourth-order valence-corrected chi connectivity index (χ4v) is 2.16. The third-order valence-electron chi connectivity index (χ3n) is 3.01. The first-order valence-electron chi connectivity index (χ1n) is 6.47. The third kappa shape index (κ3) is 3.93. The quantitative estimate of drug-likeness (QED) is 0.468. The zero-order valence-electron chi connectivity index (χ0n) is 13.2. The van der Waals surface area contributed by atoms with Crippen LogP contribution in [0, 0.1) is 0 Å². The van der Waals surface area contributed by atoms with Gasteiger partial charge in [0, 0.05) is 33.8 Å². The van der Waals surface area contributed by atoms with Crippen molar-refractivity contribution in [3.63, 3.8) is 0 Å². The minimum absolute atomic E-state index is 0.0704. The Morgan fingerprint density at radius 1 is 1.13 bits per heavy atom. The van der Waals surface area contributed by atoms with E-state index in [1.165, 1.54) is 18.2 Å². The average molecular weight is 361 g/mol. The van der Waals surface area contributed by atoms with Gasteiger partial charge >= 0.3 is 0 Å². The fraction of sp³-hybridized carbons (Fsp3) is 0.357. The van der Waals surface area contributed by atoms with Crippen molar-refractivity contribution < 1.29 is 14.7 Å². The predicted octanol–water partition coefficient (Wildman–Crippen LogP) is 0.672. The monoisotopic (exact) mass is 360 g/mol. The van der Waals surface area contributed by atoms with Crippen LogP contribution in [-0.4, -0.2) is 60.9 Å². The van der Waals surface area contributed by atoms with Gasteiger partial charge in [0.1, 0.15) is 0 Å². The zero-order chi connectivity index (χ0) is 17.9. The van der Waals surface area contributed by atoms with Gasteiger partial charge in [-0.15, -0.1) is 0 Å². The summed E-state index contributed by atoms with van der Waals surface area (Å²) in [7, 11) is 6.65. The molecule has 9 heteroatoms. The first-order chi connectivity index (χ1) is 10.5. The topological polar surface area (TPSA) is 99.2 Å². The van der Waals surface area contributed by atoms with Gasteiger partial charge in [-0.25, -0.2) is 0 Å². The Kier molecular flexibility index (Phi) is 5.98. The van der Waals surface area contributed by atoms with E-state index in [2.05, 4.69) is 4.99 Å². The number of nitrogens with two attached hydrogens (primary N) is 1. The number of guanidine groups is 1. The molecule has 1 unspecified atom stereocenters. The molecule has 2 amide bonds. The molecule has 0 aliphatic heterocycles. The maximum atomic E-state index is 12.5. The number of amides is 2. The number of aliphatic imine (C=N–C) groups is 1. The molecule has 23 heavy (non-hydrogen) atoms. The molecule has 1 aromatic rings. The number of aliphatic hydroxyl groups is 1. The molecule has 0 aliphatic rings. The van der Waals surface area contributed by atoms with Crippen LogP contribution in [-0.2, 0) is 15.2 Å². The van der Waals surface area contributed by atoms with Crippen molar-refractivity contribution in [2.45, 2.75) is 5.60 Å². The van der Waals surface area contributed by atoms with Crippen LogP contribution in [0.3, 0.4) is 0 Å². The van der Waals surface area contributed by atoms with Crippen molar-refractivity contribution in [1.82, 2.24) is 9.80 Å². The van der Waals surface area contributed by atoms with Crippen LogP contribution in [0.5, 0.6) is 0 Å². The van der Waals surface area contributed by atoms with Gasteiger partial charge in [-0.2, -0.15) is 4.99 Å². The highest BCUT2D eigenvalue weighted by molar-refractivity contribution is 6.42. The largest absolute Gasteiger partial charge is 0.368 e. The molecule has 1 atom stereocenters. The molecule has 3 N–H and O–H groups in total. The van der Waals surface area contributed by atoms with E-state index in [0.29, 0.717) is 0 Å². The number of carbonyl (C=O) groups is 2. The van der Waals surface area contributed by atoms with Crippen LogP contribution < -0.4 is 5.73 Å². The van der Waals surface area contributed by atoms with Crippen LogP contribution in [0.25, 0.3) is 0 Å². The molecule has 1 aromatic carbocycles. The summed E-state index contributed by atoms with van der Waals surface area (Å²) < 4.78 is 0. The van der Waals surface area contributed by atoms with Crippen molar-refractivity contribution in [3.05, 3.63) is 33.8 Å². The van der Waals surface area contributed by atoms with Crippen molar-refractivity contribution in [2.24, 2.45) is 10.7 Å². The maximum absolute atomic E-state index is 12.5. The summed E-state index contributed by atoms with van der Waals surface area (Å²) in [5.41, 5.74) is 2.48. The molecule has 0 bridgehead atoms. The normalized spacial score (nSPS) is 13.0. The van der Waals surface area contributed by atoms with E-state index >= 15 is 0 Å². The molecule has 0 aliphatic carbocycles. The Hall–Kier alpha value is -1.83. The van der Waals surface area contributed by atoms with Crippen LogP contribution in [0.1, 0.15) is 5.56 Å². The average Bonchev–Trinajstić information content (AvgIpc) is 2.45. The number of carbonyl (C=O) groups excluding carboxylic acids is 2. The number of halogens is 2. The Balaban J connectivity index is 3.45. The Morgan fingerprint density at radius 3 is 2.04 bits per heavy atom. The predicted molar refractivity (Wildman–Crippen MR) is 89.4 cm³/mol. The smallest absolute Gasteiger partial charge is 0.295 e. The summed E-state index contributed by atoms with van der Waals surface area (Å²) in [5, 5.41) is 10.9. The standard InChI is InChI=1S/C14H18Cl2N4O3/c1-19(2)13(20(3)4)18-12(22)14(23,11(17)21)8-5-6-9(15)10(16)7-8/h5-7,23H,1-4H3,(H2,17,21). The highest BCUT2D eigenvalue weighted by atomic mass is 35.5. The lowest BCUT2D eigenvalue weighted by molar-refractivity contribution is -0.150. The van der Waals surface area contributed by atoms with Gasteiger partial charge in [-0.05, 0) is 12.1 Å². The van der Waals surface area contributed by atoms with Gasteiger partial charge < -0.3 is 20.6 Å². The minimum atomic E-state index is -2.65. The van der Waals surface area contributed by atoms with Crippen LogP contribution in [0.2, 0.25) is 10.0 Å². The molecule has 1 rings (SSSR count). The van der Waals surface area contributed by atoms with E-state index in [4.69, 9.17) is 28.9 Å². The molecule has 0 saturated heterocycles. The van der Waals surface area contributed by atoms with E-state index in [1.54, 1.807) is 38.0 Å². The van der Waals surface area contributed by atoms with Gasteiger partial charge in [0.15, 0.2) is 0 Å². The summed E-state index contributed by atoms with van der Waals surface area (Å²) >= 11 is 11.7. The summed E-state index contributed by atoms with van der Waals surface area (Å²) in [6.07, 6.45) is 0. The van der Waals surface area contributed by atoms with E-state index in [-0.39, 0.29) is 21.6 Å². The van der Waals surface area contributed by atoms with E-state index in [1.807, 2.05) is 0 Å². The number of hydrogen-bond donors (Lipinski definition) is 2. The highest BCUT2D eigenvalue weighted by Crippen LogP contribution is 2.30. The van der Waals surface area contributed by atoms with Crippen LogP contribution in [0.15, 0.2) is 23.2 Å². The second-order valence-electron chi connectivity index (χ2n) is 5.21. The van der Waals surface area contributed by atoms with E-state index in [9.17, 15) is 14.7 Å². The molecule has 126 valence electrons. The minimum Gasteiger partial charge on any atom is -0.368 e. The molecule has 0 radical (unpaired) electrons. The van der Waals surface area contributed by atoms with Gasteiger partial charge in [0.05, 0.1) is 10.0 Å². The first-order valence-corrected chi connectivity index (χ1v) is 7.23. The molecule has 0 heterocycles. The second-order valence-corrected chi connectivity index (χ2v) is 6.02. The summed E-state index contributed by atoms with van der Waals surface area (Å²) in [6.45, 7) is 0.